The minimum absolute atomic E-state index is 0.0358. The Morgan fingerprint density at radius 2 is 2.13 bits per heavy atom. The molecule has 3 atom stereocenters. The van der Waals surface area contributed by atoms with Crippen molar-refractivity contribution in [1.82, 2.24) is 10.2 Å². The summed E-state index contributed by atoms with van der Waals surface area (Å²) < 4.78 is 12.1. The first kappa shape index (κ1) is 20.2. The molecule has 8 heteroatoms. The predicted octanol–water partition coefficient (Wildman–Crippen LogP) is 4.22. The summed E-state index contributed by atoms with van der Waals surface area (Å²) in [7, 11) is 0. The van der Waals surface area contributed by atoms with Crippen LogP contribution in [0.5, 0.6) is 5.75 Å². The maximum absolute atomic E-state index is 13.6. The lowest BCUT2D eigenvalue weighted by Crippen LogP contribution is -2.39. The number of amides is 1. The molecule has 2 aromatic rings. The average molecular weight is 440 g/mol. The number of ether oxygens (including phenoxy) is 2. The Bertz CT molecular complexity index is 1020. The molecule has 3 heterocycles. The van der Waals surface area contributed by atoms with Crippen LogP contribution in [0.25, 0.3) is 0 Å². The van der Waals surface area contributed by atoms with Gasteiger partial charge in [-0.2, -0.15) is 0 Å². The van der Waals surface area contributed by atoms with Crippen LogP contribution in [0, 0.1) is 5.92 Å². The third kappa shape index (κ3) is 3.52. The number of hydrogen-bond acceptors (Lipinski definition) is 7. The summed E-state index contributed by atoms with van der Waals surface area (Å²) in [5.41, 5.74) is 2.85. The van der Waals surface area contributed by atoms with E-state index in [2.05, 4.69) is 17.1 Å². The molecule has 1 aromatic heterocycles. The number of carbonyl (C=O) groups excluding carboxylic acids is 2. The van der Waals surface area contributed by atoms with Gasteiger partial charge in [-0.15, -0.1) is 10.2 Å². The SMILES string of the molecule is CCCCOc1cccc(C2C3=C(OC4CCCCC4C3=O)C(=O)N2c2nncs2)c1. The van der Waals surface area contributed by atoms with Crippen LogP contribution >= 0.6 is 11.3 Å². The molecule has 1 aromatic carbocycles. The van der Waals surface area contributed by atoms with E-state index in [1.54, 1.807) is 10.4 Å². The second-order valence-corrected chi connectivity index (χ2v) is 9.04. The van der Waals surface area contributed by atoms with E-state index in [0.717, 1.165) is 49.8 Å². The van der Waals surface area contributed by atoms with Crippen LogP contribution in [-0.4, -0.2) is 34.6 Å². The number of carbonyl (C=O) groups is 2. The van der Waals surface area contributed by atoms with Gasteiger partial charge in [0.15, 0.2) is 11.5 Å². The van der Waals surface area contributed by atoms with Crippen LogP contribution in [0.4, 0.5) is 5.13 Å². The van der Waals surface area contributed by atoms with Crippen molar-refractivity contribution in [3.63, 3.8) is 0 Å². The third-order valence-electron chi connectivity index (χ3n) is 6.26. The number of rotatable bonds is 6. The Labute approximate surface area is 185 Å². The number of Topliss-reactive ketones (excluding diaryl/α,β-unsaturated/α-hetero) is 1. The largest absolute Gasteiger partial charge is 0.494 e. The van der Waals surface area contributed by atoms with Crippen LogP contribution in [0.3, 0.4) is 0 Å². The first-order valence-electron chi connectivity index (χ1n) is 11.0. The van der Waals surface area contributed by atoms with Crippen molar-refractivity contribution >= 4 is 28.2 Å². The molecule has 1 amide bonds. The Kier molecular flexibility index (Phi) is 5.48. The molecule has 31 heavy (non-hydrogen) atoms. The second kappa shape index (κ2) is 8.42. The highest BCUT2D eigenvalue weighted by Crippen LogP contribution is 2.48. The molecule has 0 spiro atoms. The molecule has 3 aliphatic rings. The second-order valence-electron chi connectivity index (χ2n) is 8.23. The highest BCUT2D eigenvalue weighted by Gasteiger charge is 2.53. The standard InChI is InChI=1S/C23H25N3O4S/c1-2-3-11-29-15-8-6-7-14(12-15)19-18-20(27)16-9-4-5-10-17(16)30-21(18)22(28)26(19)23-25-24-13-31-23/h6-8,12-13,16-17,19H,2-5,9-11H2,1H3. The molecule has 0 bridgehead atoms. The van der Waals surface area contributed by atoms with Crippen molar-refractivity contribution in [2.75, 3.05) is 11.5 Å². The Balaban J connectivity index is 1.57. The fourth-order valence-corrected chi connectivity index (χ4v) is 5.32. The van der Waals surface area contributed by atoms with Gasteiger partial charge in [0.1, 0.15) is 17.4 Å². The topological polar surface area (TPSA) is 81.6 Å². The molecule has 5 rings (SSSR count). The average Bonchev–Trinajstić information content (AvgIpc) is 3.41. The highest BCUT2D eigenvalue weighted by atomic mass is 32.1. The van der Waals surface area contributed by atoms with Gasteiger partial charge in [-0.05, 0) is 43.4 Å². The number of anilines is 1. The molecule has 3 unspecified atom stereocenters. The van der Waals surface area contributed by atoms with E-state index >= 15 is 0 Å². The van der Waals surface area contributed by atoms with Gasteiger partial charge in [0.25, 0.3) is 5.91 Å². The first-order chi connectivity index (χ1) is 15.2. The summed E-state index contributed by atoms with van der Waals surface area (Å²) in [4.78, 5) is 28.6. The van der Waals surface area contributed by atoms with Crippen LogP contribution < -0.4 is 9.64 Å². The van der Waals surface area contributed by atoms with Gasteiger partial charge in [-0.3, -0.25) is 14.5 Å². The van der Waals surface area contributed by atoms with Crippen molar-refractivity contribution in [2.45, 2.75) is 57.6 Å². The van der Waals surface area contributed by atoms with Crippen LogP contribution in [-0.2, 0) is 14.3 Å². The lowest BCUT2D eigenvalue weighted by molar-refractivity contribution is -0.131. The van der Waals surface area contributed by atoms with Crippen molar-refractivity contribution in [3.8, 4) is 5.75 Å². The number of nitrogens with zero attached hydrogens (tertiary/aromatic N) is 3. The smallest absolute Gasteiger partial charge is 0.296 e. The maximum atomic E-state index is 13.6. The normalized spacial score (nSPS) is 25.3. The summed E-state index contributed by atoms with van der Waals surface area (Å²) in [6.07, 6.45) is 5.46. The number of hydrogen-bond donors (Lipinski definition) is 0. The van der Waals surface area contributed by atoms with Crippen LogP contribution in [0.15, 0.2) is 41.1 Å². The van der Waals surface area contributed by atoms with Gasteiger partial charge in [-0.1, -0.05) is 43.2 Å². The van der Waals surface area contributed by atoms with E-state index in [9.17, 15) is 9.59 Å². The van der Waals surface area contributed by atoms with Gasteiger partial charge in [-0.25, -0.2) is 0 Å². The molecule has 2 aliphatic heterocycles. The number of ketones is 1. The van der Waals surface area contributed by atoms with E-state index in [4.69, 9.17) is 9.47 Å². The minimum Gasteiger partial charge on any atom is -0.494 e. The summed E-state index contributed by atoms with van der Waals surface area (Å²) in [6, 6.07) is 7.06. The van der Waals surface area contributed by atoms with Gasteiger partial charge in [0.05, 0.1) is 24.1 Å². The highest BCUT2D eigenvalue weighted by molar-refractivity contribution is 7.13. The van der Waals surface area contributed by atoms with E-state index in [0.29, 0.717) is 17.3 Å². The molecular formula is C23H25N3O4S. The van der Waals surface area contributed by atoms with Gasteiger partial charge < -0.3 is 9.47 Å². The zero-order valence-corrected chi connectivity index (χ0v) is 18.3. The summed E-state index contributed by atoms with van der Waals surface area (Å²) in [5.74, 6) is 0.455. The van der Waals surface area contributed by atoms with Crippen molar-refractivity contribution < 1.29 is 19.1 Å². The van der Waals surface area contributed by atoms with E-state index in [1.807, 2.05) is 24.3 Å². The lowest BCUT2D eigenvalue weighted by Gasteiger charge is -2.35. The van der Waals surface area contributed by atoms with Crippen molar-refractivity contribution in [1.29, 1.82) is 0 Å². The van der Waals surface area contributed by atoms with Gasteiger partial charge in [0.2, 0.25) is 5.13 Å². The number of fused-ring (bicyclic) bond motifs is 1. The summed E-state index contributed by atoms with van der Waals surface area (Å²) >= 11 is 1.27. The van der Waals surface area contributed by atoms with E-state index in [-0.39, 0.29) is 29.5 Å². The summed E-state index contributed by atoms with van der Waals surface area (Å²) in [5, 5.41) is 8.50. The van der Waals surface area contributed by atoms with Gasteiger partial charge >= 0.3 is 0 Å². The van der Waals surface area contributed by atoms with E-state index in [1.165, 1.54) is 11.3 Å². The number of aromatic nitrogens is 2. The molecule has 7 nitrogen and oxygen atoms in total. The third-order valence-corrected chi connectivity index (χ3v) is 6.95. The fraction of sp³-hybridized carbons (Fsp3) is 0.478. The monoisotopic (exact) mass is 439 g/mol. The Morgan fingerprint density at radius 1 is 1.26 bits per heavy atom. The van der Waals surface area contributed by atoms with Crippen LogP contribution in [0.2, 0.25) is 0 Å². The molecular weight excluding hydrogens is 414 g/mol. The van der Waals surface area contributed by atoms with Crippen molar-refractivity contribution in [3.05, 3.63) is 46.7 Å². The molecule has 0 saturated heterocycles. The molecule has 0 N–H and O–H groups in total. The Morgan fingerprint density at radius 3 is 2.94 bits per heavy atom. The molecule has 162 valence electrons. The summed E-state index contributed by atoms with van der Waals surface area (Å²) in [6.45, 7) is 2.74. The van der Waals surface area contributed by atoms with Gasteiger partial charge in [0, 0.05) is 0 Å². The predicted molar refractivity (Wildman–Crippen MR) is 116 cm³/mol. The molecule has 1 saturated carbocycles. The fourth-order valence-electron chi connectivity index (χ4n) is 4.74. The zero-order chi connectivity index (χ0) is 21.4. The van der Waals surface area contributed by atoms with Crippen LogP contribution in [0.1, 0.15) is 57.1 Å². The number of benzene rings is 1. The molecule has 1 fully saturated rings. The first-order valence-corrected chi connectivity index (χ1v) is 11.8. The molecule has 0 radical (unpaired) electrons. The Hall–Kier alpha value is -2.74. The lowest BCUT2D eigenvalue weighted by atomic mass is 9.77. The quantitative estimate of drug-likeness (QED) is 0.627. The zero-order valence-electron chi connectivity index (χ0n) is 17.5. The minimum atomic E-state index is -0.583. The molecule has 1 aliphatic carbocycles. The number of unbranched alkanes of at least 4 members (excludes halogenated alkanes) is 1. The maximum Gasteiger partial charge on any atom is 0.296 e. The van der Waals surface area contributed by atoms with E-state index < -0.39 is 6.04 Å². The van der Waals surface area contributed by atoms with Crippen molar-refractivity contribution in [2.24, 2.45) is 5.92 Å².